The molecule has 0 amide bonds. The minimum Gasteiger partial charge on any atom is -0.206 e. The predicted molar refractivity (Wildman–Crippen MR) is 40.7 cm³/mol. The summed E-state index contributed by atoms with van der Waals surface area (Å²) in [6.07, 6.45) is 0. The van der Waals surface area contributed by atoms with Crippen LogP contribution < -0.4 is 0 Å². The van der Waals surface area contributed by atoms with E-state index >= 15 is 0 Å². The summed E-state index contributed by atoms with van der Waals surface area (Å²) in [5, 5.41) is 8.33. The number of nitrogens with zero attached hydrogens (tertiary/aromatic N) is 1. The molecule has 0 spiro atoms. The maximum absolute atomic E-state index is 12.8. The summed E-state index contributed by atoms with van der Waals surface area (Å²) in [7, 11) is 0. The first-order chi connectivity index (χ1) is 5.95. The largest absolute Gasteiger partial charge is 0.270 e. The highest BCUT2D eigenvalue weighted by molar-refractivity contribution is 5.34. The van der Waals surface area contributed by atoms with Crippen molar-refractivity contribution in [3.8, 4) is 6.07 Å². The lowest BCUT2D eigenvalue weighted by molar-refractivity contribution is 0.0171. The van der Waals surface area contributed by atoms with Crippen molar-refractivity contribution in [2.24, 2.45) is 0 Å². The Morgan fingerprint density at radius 2 is 2.00 bits per heavy atom. The van der Waals surface area contributed by atoms with Crippen molar-refractivity contribution >= 4 is 0 Å². The third kappa shape index (κ3) is 2.00. The van der Waals surface area contributed by atoms with E-state index in [0.717, 1.165) is 12.1 Å². The van der Waals surface area contributed by atoms with Crippen molar-refractivity contribution in [3.63, 3.8) is 0 Å². The summed E-state index contributed by atoms with van der Waals surface area (Å²) < 4.78 is 38.1. The van der Waals surface area contributed by atoms with Gasteiger partial charge in [0.25, 0.3) is 5.92 Å². The van der Waals surface area contributed by atoms with Crippen LogP contribution in [0.1, 0.15) is 18.1 Å². The van der Waals surface area contributed by atoms with E-state index in [0.29, 0.717) is 13.0 Å². The average molecular weight is 185 g/mol. The van der Waals surface area contributed by atoms with Gasteiger partial charge in [0, 0.05) is 12.5 Å². The Kier molecular flexibility index (Phi) is 2.28. The number of hydrogen-bond acceptors (Lipinski definition) is 1. The molecule has 0 unspecified atom stereocenters. The van der Waals surface area contributed by atoms with Gasteiger partial charge in [-0.3, -0.25) is 0 Å². The van der Waals surface area contributed by atoms with Gasteiger partial charge in [0.1, 0.15) is 11.9 Å². The van der Waals surface area contributed by atoms with Gasteiger partial charge in [-0.1, -0.05) is 6.07 Å². The lowest BCUT2D eigenvalue weighted by Gasteiger charge is -2.10. The third-order valence-electron chi connectivity index (χ3n) is 1.60. The molecule has 0 aromatic heterocycles. The van der Waals surface area contributed by atoms with Crippen molar-refractivity contribution < 1.29 is 13.2 Å². The molecular weight excluding hydrogens is 179 g/mol. The number of hydrogen-bond donors (Lipinski definition) is 0. The van der Waals surface area contributed by atoms with Gasteiger partial charge in [-0.05, 0) is 12.1 Å². The van der Waals surface area contributed by atoms with Gasteiger partial charge in [-0.15, -0.1) is 0 Å². The van der Waals surface area contributed by atoms with Crippen LogP contribution in [0.2, 0.25) is 0 Å². The molecule has 13 heavy (non-hydrogen) atoms. The molecule has 1 nitrogen and oxygen atoms in total. The molecule has 1 aromatic rings. The molecule has 0 aliphatic carbocycles. The normalized spacial score (nSPS) is 11.0. The van der Waals surface area contributed by atoms with Crippen molar-refractivity contribution in [2.75, 3.05) is 0 Å². The van der Waals surface area contributed by atoms with E-state index in [-0.39, 0.29) is 5.56 Å². The fourth-order valence-electron chi connectivity index (χ4n) is 0.879. The van der Waals surface area contributed by atoms with E-state index < -0.39 is 17.3 Å². The maximum Gasteiger partial charge on any atom is 0.270 e. The number of rotatable bonds is 1. The molecule has 68 valence electrons. The monoisotopic (exact) mass is 185 g/mol. The fourth-order valence-corrected chi connectivity index (χ4v) is 0.879. The molecule has 0 saturated heterocycles. The highest BCUT2D eigenvalue weighted by Gasteiger charge is 2.25. The van der Waals surface area contributed by atoms with Crippen molar-refractivity contribution in [1.82, 2.24) is 0 Å². The van der Waals surface area contributed by atoms with Gasteiger partial charge in [0.2, 0.25) is 0 Å². The van der Waals surface area contributed by atoms with Gasteiger partial charge in [0.05, 0.1) is 5.56 Å². The lowest BCUT2D eigenvalue weighted by Crippen LogP contribution is -2.07. The number of nitriles is 1. The first-order valence-electron chi connectivity index (χ1n) is 3.53. The van der Waals surface area contributed by atoms with E-state index in [2.05, 4.69) is 0 Å². The molecule has 0 N–H and O–H groups in total. The Morgan fingerprint density at radius 3 is 2.38 bits per heavy atom. The van der Waals surface area contributed by atoms with Gasteiger partial charge < -0.3 is 0 Å². The predicted octanol–water partition coefficient (Wildman–Crippen LogP) is 2.81. The highest BCUT2D eigenvalue weighted by atomic mass is 19.3. The quantitative estimate of drug-likeness (QED) is 0.659. The van der Waals surface area contributed by atoms with Gasteiger partial charge in [-0.2, -0.15) is 5.26 Å². The van der Waals surface area contributed by atoms with Crippen molar-refractivity contribution in [2.45, 2.75) is 12.8 Å². The van der Waals surface area contributed by atoms with E-state index in [1.54, 1.807) is 6.07 Å². The summed E-state index contributed by atoms with van der Waals surface area (Å²) in [6, 6.07) is 4.32. The zero-order valence-electron chi connectivity index (χ0n) is 6.81. The van der Waals surface area contributed by atoms with Crippen LogP contribution in [-0.4, -0.2) is 0 Å². The molecule has 0 radical (unpaired) electrons. The van der Waals surface area contributed by atoms with Crippen LogP contribution in [0.5, 0.6) is 0 Å². The summed E-state index contributed by atoms with van der Waals surface area (Å²) >= 11 is 0. The Balaban J connectivity index is 3.20. The second kappa shape index (κ2) is 3.09. The molecule has 0 bridgehead atoms. The Bertz CT molecular complexity index is 360. The van der Waals surface area contributed by atoms with Gasteiger partial charge >= 0.3 is 0 Å². The molecular formula is C9H6F3N. The van der Waals surface area contributed by atoms with Crippen LogP contribution in [0.4, 0.5) is 13.2 Å². The number of halogens is 3. The Labute approximate surface area is 73.4 Å². The molecule has 1 rings (SSSR count). The first kappa shape index (κ1) is 9.59. The van der Waals surface area contributed by atoms with Crippen LogP contribution in [0.15, 0.2) is 18.2 Å². The standard InChI is InChI=1S/C9H6F3N/c1-9(11,12)7-3-2-6(5-13)8(10)4-7/h2-4H,1H3. The topological polar surface area (TPSA) is 23.8 Å². The summed E-state index contributed by atoms with van der Waals surface area (Å²) in [5.41, 5.74) is -0.656. The zero-order chi connectivity index (χ0) is 10.1. The number of alkyl halides is 2. The smallest absolute Gasteiger partial charge is 0.206 e. The van der Waals surface area contributed by atoms with E-state index in [1.165, 1.54) is 0 Å². The highest BCUT2D eigenvalue weighted by Crippen LogP contribution is 2.27. The maximum atomic E-state index is 12.8. The van der Waals surface area contributed by atoms with Crippen LogP contribution in [0, 0.1) is 17.1 Å². The van der Waals surface area contributed by atoms with Crippen LogP contribution in [0.3, 0.4) is 0 Å². The zero-order valence-corrected chi connectivity index (χ0v) is 6.81. The molecule has 0 saturated carbocycles. The molecule has 0 aliphatic rings. The summed E-state index contributed by atoms with van der Waals surface area (Å²) in [6.45, 7) is 0.674. The molecule has 4 heteroatoms. The minimum absolute atomic E-state index is 0.229. The van der Waals surface area contributed by atoms with Gasteiger partial charge in [-0.25, -0.2) is 13.2 Å². The number of benzene rings is 1. The molecule has 0 atom stereocenters. The third-order valence-corrected chi connectivity index (χ3v) is 1.60. The van der Waals surface area contributed by atoms with Gasteiger partial charge in [0.15, 0.2) is 0 Å². The summed E-state index contributed by atoms with van der Waals surface area (Å²) in [4.78, 5) is 0. The van der Waals surface area contributed by atoms with Crippen molar-refractivity contribution in [1.29, 1.82) is 5.26 Å². The van der Waals surface area contributed by atoms with Crippen LogP contribution in [-0.2, 0) is 5.92 Å². The molecule has 0 fully saturated rings. The molecule has 0 heterocycles. The van der Waals surface area contributed by atoms with E-state index in [9.17, 15) is 13.2 Å². The first-order valence-corrected chi connectivity index (χ1v) is 3.53. The average Bonchev–Trinajstić information content (AvgIpc) is 2.02. The molecule has 0 aliphatic heterocycles. The molecule has 1 aromatic carbocycles. The summed E-state index contributed by atoms with van der Waals surface area (Å²) in [5.74, 6) is -3.99. The Morgan fingerprint density at radius 1 is 1.38 bits per heavy atom. The SMILES string of the molecule is CC(F)(F)c1ccc(C#N)c(F)c1. The second-order valence-electron chi connectivity index (χ2n) is 2.69. The van der Waals surface area contributed by atoms with Crippen LogP contribution in [0.25, 0.3) is 0 Å². The Hall–Kier alpha value is -1.50. The van der Waals surface area contributed by atoms with Crippen LogP contribution >= 0.6 is 0 Å². The van der Waals surface area contributed by atoms with E-state index in [4.69, 9.17) is 5.26 Å². The minimum atomic E-state index is -3.07. The van der Waals surface area contributed by atoms with E-state index in [1.807, 2.05) is 0 Å². The second-order valence-corrected chi connectivity index (χ2v) is 2.69. The fraction of sp³-hybridized carbons (Fsp3) is 0.222. The van der Waals surface area contributed by atoms with Crippen molar-refractivity contribution in [3.05, 3.63) is 35.1 Å². The lowest BCUT2D eigenvalue weighted by atomic mass is 10.1.